The zero-order chi connectivity index (χ0) is 33.8. The Bertz CT molecular complexity index is 1320. The summed E-state index contributed by atoms with van der Waals surface area (Å²) in [6.07, 6.45) is 5.26. The number of carbonyl (C=O) groups is 1. The SMILES string of the molecule is CC[Si](CC)(CC)O[C@@H](C/C=C\C(=O)[C@@H]1CC[C@@H](COCc2ccccc2)O1)CO[Si](c1ccccc1)(c1ccccc1)C(C)(C)C. The molecule has 0 radical (unpaired) electrons. The van der Waals surface area contributed by atoms with Crippen molar-refractivity contribution >= 4 is 32.8 Å². The highest BCUT2D eigenvalue weighted by Crippen LogP contribution is 2.37. The number of ether oxygens (including phenoxy) is 2. The fraction of sp³-hybridized carbons (Fsp3) is 0.475. The van der Waals surface area contributed by atoms with Crippen molar-refractivity contribution in [2.24, 2.45) is 0 Å². The first kappa shape index (κ1) is 37.2. The molecule has 0 aromatic heterocycles. The number of rotatable bonds is 18. The number of benzene rings is 3. The van der Waals surface area contributed by atoms with Crippen LogP contribution in [0.3, 0.4) is 0 Å². The predicted octanol–water partition coefficient (Wildman–Crippen LogP) is 8.23. The molecular weight excluding hydrogens is 617 g/mol. The molecule has 1 heterocycles. The third-order valence-electron chi connectivity index (χ3n) is 9.77. The summed E-state index contributed by atoms with van der Waals surface area (Å²) in [5.41, 5.74) is 1.14. The van der Waals surface area contributed by atoms with Gasteiger partial charge < -0.3 is 18.3 Å². The van der Waals surface area contributed by atoms with Crippen LogP contribution in [0.1, 0.15) is 66.4 Å². The molecule has 3 aromatic rings. The van der Waals surface area contributed by atoms with Gasteiger partial charge in [-0.3, -0.25) is 4.79 Å². The molecule has 4 rings (SSSR count). The lowest BCUT2D eigenvalue weighted by molar-refractivity contribution is -0.126. The van der Waals surface area contributed by atoms with Crippen molar-refractivity contribution < 1.29 is 23.1 Å². The Hall–Kier alpha value is -2.66. The van der Waals surface area contributed by atoms with Crippen LogP contribution in [-0.2, 0) is 29.7 Å². The Labute approximate surface area is 286 Å². The van der Waals surface area contributed by atoms with E-state index >= 15 is 0 Å². The summed E-state index contributed by atoms with van der Waals surface area (Å²) in [6, 6.07) is 34.8. The molecule has 1 aliphatic heterocycles. The molecule has 0 aliphatic carbocycles. The normalized spacial score (nSPS) is 18.1. The standard InChI is InChI=1S/C40H56O5Si2/c1-7-46(8-2,9-3)45-35(22-19-27-38(41)39-29-28-34(44-39)31-42-30-33-20-13-10-14-21-33)32-43-47(40(4,5)6,36-23-15-11-16-24-36)37-25-17-12-18-26-37/h10-21,23-27,34-35,39H,7-9,22,28-32H2,1-6H3/b27-19-/t34-,35-,39-/m0/s1. The molecule has 0 unspecified atom stereocenters. The molecule has 1 fully saturated rings. The molecule has 0 amide bonds. The second kappa shape index (κ2) is 17.7. The Kier molecular flexibility index (Phi) is 14.0. The van der Waals surface area contributed by atoms with Gasteiger partial charge in [-0.1, -0.05) is 139 Å². The maximum atomic E-state index is 13.2. The van der Waals surface area contributed by atoms with Crippen LogP contribution in [0.2, 0.25) is 23.2 Å². The van der Waals surface area contributed by atoms with Crippen molar-refractivity contribution in [3.63, 3.8) is 0 Å². The van der Waals surface area contributed by atoms with Crippen molar-refractivity contribution in [1.82, 2.24) is 0 Å². The quantitative estimate of drug-likeness (QED) is 0.101. The smallest absolute Gasteiger partial charge is 0.261 e. The van der Waals surface area contributed by atoms with Crippen molar-refractivity contribution in [1.29, 1.82) is 0 Å². The van der Waals surface area contributed by atoms with Gasteiger partial charge >= 0.3 is 0 Å². The molecule has 47 heavy (non-hydrogen) atoms. The van der Waals surface area contributed by atoms with E-state index in [-0.39, 0.29) is 23.0 Å². The summed E-state index contributed by atoms with van der Waals surface area (Å²) in [4.78, 5) is 13.2. The molecule has 7 heteroatoms. The molecule has 254 valence electrons. The van der Waals surface area contributed by atoms with E-state index in [4.69, 9.17) is 18.3 Å². The Morgan fingerprint density at radius 2 is 1.40 bits per heavy atom. The second-order valence-electron chi connectivity index (χ2n) is 13.8. The van der Waals surface area contributed by atoms with E-state index < -0.39 is 22.7 Å². The first-order chi connectivity index (χ1) is 22.7. The highest BCUT2D eigenvalue weighted by atomic mass is 28.4. The molecule has 0 spiro atoms. The maximum absolute atomic E-state index is 13.2. The van der Waals surface area contributed by atoms with Gasteiger partial charge in [0.05, 0.1) is 32.0 Å². The molecule has 3 atom stereocenters. The van der Waals surface area contributed by atoms with E-state index in [9.17, 15) is 4.79 Å². The van der Waals surface area contributed by atoms with E-state index in [0.717, 1.165) is 36.5 Å². The lowest BCUT2D eigenvalue weighted by Gasteiger charge is -2.44. The molecular formula is C40H56O5Si2. The van der Waals surface area contributed by atoms with E-state index in [0.29, 0.717) is 26.2 Å². The molecule has 5 nitrogen and oxygen atoms in total. The lowest BCUT2D eigenvalue weighted by atomic mass is 10.1. The Morgan fingerprint density at radius 1 is 0.851 bits per heavy atom. The van der Waals surface area contributed by atoms with E-state index in [1.807, 2.05) is 24.3 Å². The Morgan fingerprint density at radius 3 is 1.94 bits per heavy atom. The molecule has 0 saturated carbocycles. The zero-order valence-corrected chi connectivity index (χ0v) is 31.5. The van der Waals surface area contributed by atoms with Crippen LogP contribution in [0.4, 0.5) is 0 Å². The van der Waals surface area contributed by atoms with Crippen LogP contribution >= 0.6 is 0 Å². The average molecular weight is 673 g/mol. The summed E-state index contributed by atoms with van der Waals surface area (Å²) in [7, 11) is -4.68. The van der Waals surface area contributed by atoms with Crippen molar-refractivity contribution in [2.45, 2.75) is 109 Å². The van der Waals surface area contributed by atoms with E-state index in [2.05, 4.69) is 114 Å². The number of hydrogen-bond acceptors (Lipinski definition) is 5. The number of ketones is 1. The largest absolute Gasteiger partial charge is 0.411 e. The minimum absolute atomic E-state index is 0.0206. The fourth-order valence-corrected chi connectivity index (χ4v) is 14.3. The van der Waals surface area contributed by atoms with Crippen LogP contribution in [0.5, 0.6) is 0 Å². The van der Waals surface area contributed by atoms with Crippen molar-refractivity contribution in [3.05, 3.63) is 109 Å². The van der Waals surface area contributed by atoms with Crippen LogP contribution in [0.25, 0.3) is 0 Å². The first-order valence-electron chi connectivity index (χ1n) is 17.6. The highest BCUT2D eigenvalue weighted by Gasteiger charge is 2.50. The monoisotopic (exact) mass is 672 g/mol. The van der Waals surface area contributed by atoms with E-state index in [1.165, 1.54) is 10.4 Å². The van der Waals surface area contributed by atoms with Gasteiger partial charge in [0.2, 0.25) is 0 Å². The number of hydrogen-bond donors (Lipinski definition) is 0. The van der Waals surface area contributed by atoms with Gasteiger partial charge in [-0.25, -0.2) is 0 Å². The van der Waals surface area contributed by atoms with Gasteiger partial charge in [-0.2, -0.15) is 0 Å². The fourth-order valence-electron chi connectivity index (χ4n) is 6.85. The zero-order valence-electron chi connectivity index (χ0n) is 29.5. The van der Waals surface area contributed by atoms with Gasteiger partial charge in [0.15, 0.2) is 14.1 Å². The van der Waals surface area contributed by atoms with Crippen molar-refractivity contribution in [3.8, 4) is 0 Å². The molecule has 1 saturated heterocycles. The minimum atomic E-state index is -2.73. The lowest BCUT2D eigenvalue weighted by Crippen LogP contribution is -2.67. The van der Waals surface area contributed by atoms with Crippen LogP contribution in [0.15, 0.2) is 103 Å². The minimum Gasteiger partial charge on any atom is -0.411 e. The molecule has 3 aromatic carbocycles. The van der Waals surface area contributed by atoms with Gasteiger partial charge in [0, 0.05) is 0 Å². The number of carbonyl (C=O) groups excluding carboxylic acids is 1. The first-order valence-corrected chi connectivity index (χ1v) is 22.0. The summed E-state index contributed by atoms with van der Waals surface area (Å²) in [5, 5.41) is 2.39. The topological polar surface area (TPSA) is 54.0 Å². The van der Waals surface area contributed by atoms with Crippen LogP contribution < -0.4 is 10.4 Å². The Balaban J connectivity index is 1.47. The summed E-state index contributed by atoms with van der Waals surface area (Å²) < 4.78 is 26.4. The van der Waals surface area contributed by atoms with Gasteiger partial charge in [-0.05, 0) is 64.4 Å². The summed E-state index contributed by atoms with van der Waals surface area (Å²) in [5.74, 6) is 0.0206. The molecule has 0 N–H and O–H groups in total. The van der Waals surface area contributed by atoms with Gasteiger partial charge in [0.1, 0.15) is 6.10 Å². The average Bonchev–Trinajstić information content (AvgIpc) is 3.57. The van der Waals surface area contributed by atoms with E-state index in [1.54, 1.807) is 6.08 Å². The third-order valence-corrected chi connectivity index (χ3v) is 19.5. The predicted molar refractivity (Wildman–Crippen MR) is 198 cm³/mol. The van der Waals surface area contributed by atoms with Gasteiger partial charge in [0.25, 0.3) is 8.32 Å². The molecule has 0 bridgehead atoms. The second-order valence-corrected chi connectivity index (χ2v) is 22.9. The highest BCUT2D eigenvalue weighted by molar-refractivity contribution is 6.99. The third kappa shape index (κ3) is 9.71. The molecule has 1 aliphatic rings. The summed E-state index contributed by atoms with van der Waals surface area (Å²) in [6.45, 7) is 15.2. The maximum Gasteiger partial charge on any atom is 0.261 e. The van der Waals surface area contributed by atoms with Crippen LogP contribution in [-0.4, -0.2) is 53.9 Å². The summed E-state index contributed by atoms with van der Waals surface area (Å²) >= 11 is 0. The van der Waals surface area contributed by atoms with Crippen LogP contribution in [0, 0.1) is 0 Å². The van der Waals surface area contributed by atoms with Crippen molar-refractivity contribution in [2.75, 3.05) is 13.2 Å². The van der Waals surface area contributed by atoms with Gasteiger partial charge in [-0.15, -0.1) is 0 Å².